The molecule has 1 heterocycles. The highest BCUT2D eigenvalue weighted by Crippen LogP contribution is 2.19. The maximum Gasteiger partial charge on any atom is 0.336 e. The zero-order valence-electron chi connectivity index (χ0n) is 10.6. The minimum atomic E-state index is -0.912. The molecule has 1 aromatic heterocycles. The maximum atomic E-state index is 11.3. The number of imidazole rings is 1. The summed E-state index contributed by atoms with van der Waals surface area (Å²) in [5.74, 6) is -0.0171. The lowest BCUT2D eigenvalue weighted by molar-refractivity contribution is 0.0695. The van der Waals surface area contributed by atoms with Crippen molar-refractivity contribution >= 4 is 21.9 Å². The molecule has 0 unspecified atom stereocenters. The van der Waals surface area contributed by atoms with Crippen LogP contribution in [0.5, 0.6) is 0 Å². The van der Waals surface area contributed by atoms with Crippen LogP contribution in [0.25, 0.3) is 0 Å². The van der Waals surface area contributed by atoms with Crippen LogP contribution in [-0.4, -0.2) is 20.6 Å². The standard InChI is InChI=1S/C14H15BrN2O2/c1-2-6-17-7-5-16-13(17)8-10-3-4-11(15)9-12(10)14(18)19/h3-5,7,9H,2,6,8H2,1H3,(H,18,19). The van der Waals surface area contributed by atoms with E-state index >= 15 is 0 Å². The molecule has 2 aromatic rings. The van der Waals surface area contributed by atoms with Crippen LogP contribution >= 0.6 is 15.9 Å². The molecule has 0 aliphatic carbocycles. The molecule has 2 rings (SSSR count). The van der Waals surface area contributed by atoms with Crippen LogP contribution in [0.4, 0.5) is 0 Å². The van der Waals surface area contributed by atoms with Gasteiger partial charge in [-0.15, -0.1) is 0 Å². The molecule has 4 nitrogen and oxygen atoms in total. The quantitative estimate of drug-likeness (QED) is 0.918. The summed E-state index contributed by atoms with van der Waals surface area (Å²) in [5, 5.41) is 9.24. The summed E-state index contributed by atoms with van der Waals surface area (Å²) in [6.45, 7) is 3.00. The molecule has 1 aromatic carbocycles. The molecule has 0 atom stereocenters. The van der Waals surface area contributed by atoms with Gasteiger partial charge in [0, 0.05) is 29.8 Å². The smallest absolute Gasteiger partial charge is 0.336 e. The summed E-state index contributed by atoms with van der Waals surface area (Å²) >= 11 is 3.30. The van der Waals surface area contributed by atoms with Gasteiger partial charge in [-0.05, 0) is 24.1 Å². The second-order valence-electron chi connectivity index (χ2n) is 4.32. The second kappa shape index (κ2) is 6.02. The lowest BCUT2D eigenvalue weighted by Crippen LogP contribution is -2.07. The molecular weight excluding hydrogens is 308 g/mol. The largest absolute Gasteiger partial charge is 0.478 e. The lowest BCUT2D eigenvalue weighted by atomic mass is 10.0. The minimum absolute atomic E-state index is 0.320. The molecule has 0 saturated heterocycles. The Morgan fingerprint density at radius 1 is 1.47 bits per heavy atom. The molecule has 0 aliphatic heterocycles. The van der Waals surface area contributed by atoms with E-state index in [1.165, 1.54) is 0 Å². The molecule has 0 aliphatic rings. The van der Waals surface area contributed by atoms with Gasteiger partial charge in [0.2, 0.25) is 0 Å². The van der Waals surface area contributed by atoms with Crippen molar-refractivity contribution in [2.75, 3.05) is 0 Å². The van der Waals surface area contributed by atoms with Gasteiger partial charge in [-0.2, -0.15) is 0 Å². The number of hydrogen-bond donors (Lipinski definition) is 1. The van der Waals surface area contributed by atoms with Gasteiger partial charge in [0.1, 0.15) is 5.82 Å². The van der Waals surface area contributed by atoms with Crippen LogP contribution in [0, 0.1) is 0 Å². The third-order valence-electron chi connectivity index (χ3n) is 2.92. The molecule has 100 valence electrons. The van der Waals surface area contributed by atoms with Gasteiger partial charge in [0.05, 0.1) is 5.56 Å². The Bertz CT molecular complexity index is 593. The number of aromatic nitrogens is 2. The van der Waals surface area contributed by atoms with E-state index in [1.54, 1.807) is 12.3 Å². The van der Waals surface area contributed by atoms with Gasteiger partial charge in [-0.25, -0.2) is 9.78 Å². The first-order chi connectivity index (χ1) is 9.11. The Morgan fingerprint density at radius 2 is 2.26 bits per heavy atom. The van der Waals surface area contributed by atoms with Crippen LogP contribution in [0.1, 0.15) is 35.1 Å². The van der Waals surface area contributed by atoms with Crippen molar-refractivity contribution in [1.82, 2.24) is 9.55 Å². The summed E-state index contributed by atoms with van der Waals surface area (Å²) in [5.41, 5.74) is 1.10. The van der Waals surface area contributed by atoms with E-state index in [0.717, 1.165) is 28.8 Å². The first-order valence-electron chi connectivity index (χ1n) is 6.13. The van der Waals surface area contributed by atoms with E-state index in [4.69, 9.17) is 0 Å². The number of benzene rings is 1. The van der Waals surface area contributed by atoms with Gasteiger partial charge in [0.15, 0.2) is 0 Å². The number of aryl methyl sites for hydroxylation is 1. The molecule has 19 heavy (non-hydrogen) atoms. The van der Waals surface area contributed by atoms with Crippen molar-refractivity contribution < 1.29 is 9.90 Å². The molecule has 5 heteroatoms. The van der Waals surface area contributed by atoms with Crippen LogP contribution in [0.3, 0.4) is 0 Å². The third-order valence-corrected chi connectivity index (χ3v) is 3.41. The zero-order valence-corrected chi connectivity index (χ0v) is 12.2. The number of carboxylic acid groups (broad SMARTS) is 1. The van der Waals surface area contributed by atoms with Crippen LogP contribution in [0.15, 0.2) is 35.1 Å². The van der Waals surface area contributed by atoms with Crippen molar-refractivity contribution in [3.8, 4) is 0 Å². The number of halogens is 1. The summed E-state index contributed by atoms with van der Waals surface area (Å²) < 4.78 is 2.83. The Labute approximate surface area is 120 Å². The fourth-order valence-corrected chi connectivity index (χ4v) is 2.39. The Morgan fingerprint density at radius 3 is 2.95 bits per heavy atom. The van der Waals surface area contributed by atoms with E-state index < -0.39 is 5.97 Å². The van der Waals surface area contributed by atoms with E-state index in [9.17, 15) is 9.90 Å². The van der Waals surface area contributed by atoms with Crippen molar-refractivity contribution in [3.05, 3.63) is 52.0 Å². The average Bonchev–Trinajstić information content (AvgIpc) is 2.79. The zero-order chi connectivity index (χ0) is 13.8. The highest BCUT2D eigenvalue weighted by molar-refractivity contribution is 9.10. The fourth-order valence-electron chi connectivity index (χ4n) is 2.02. The van der Waals surface area contributed by atoms with Gasteiger partial charge in [-0.1, -0.05) is 28.9 Å². The molecule has 1 N–H and O–H groups in total. The summed E-state index contributed by atoms with van der Waals surface area (Å²) in [7, 11) is 0. The molecule has 0 amide bonds. The van der Waals surface area contributed by atoms with E-state index in [2.05, 4.69) is 32.4 Å². The first kappa shape index (κ1) is 13.8. The number of rotatable bonds is 5. The third kappa shape index (κ3) is 3.23. The topological polar surface area (TPSA) is 55.1 Å². The Balaban J connectivity index is 2.32. The van der Waals surface area contributed by atoms with Gasteiger partial charge >= 0.3 is 5.97 Å². The second-order valence-corrected chi connectivity index (χ2v) is 5.24. The van der Waals surface area contributed by atoms with E-state index in [1.807, 2.05) is 18.3 Å². The van der Waals surface area contributed by atoms with Crippen LogP contribution in [-0.2, 0) is 13.0 Å². The molecule has 0 radical (unpaired) electrons. The van der Waals surface area contributed by atoms with E-state index in [0.29, 0.717) is 12.0 Å². The fraction of sp³-hybridized carbons (Fsp3) is 0.286. The first-order valence-corrected chi connectivity index (χ1v) is 6.93. The minimum Gasteiger partial charge on any atom is -0.478 e. The average molecular weight is 323 g/mol. The van der Waals surface area contributed by atoms with Crippen LogP contribution in [0.2, 0.25) is 0 Å². The number of carbonyl (C=O) groups is 1. The predicted molar refractivity (Wildman–Crippen MR) is 76.4 cm³/mol. The van der Waals surface area contributed by atoms with Crippen molar-refractivity contribution in [1.29, 1.82) is 0 Å². The number of nitrogens with zero attached hydrogens (tertiary/aromatic N) is 2. The maximum absolute atomic E-state index is 11.3. The van der Waals surface area contributed by atoms with Crippen molar-refractivity contribution in [2.45, 2.75) is 26.3 Å². The molecular formula is C14H15BrN2O2. The van der Waals surface area contributed by atoms with Crippen LogP contribution < -0.4 is 0 Å². The highest BCUT2D eigenvalue weighted by Gasteiger charge is 2.13. The number of aromatic carboxylic acids is 1. The summed E-state index contributed by atoms with van der Waals surface area (Å²) in [4.78, 5) is 15.6. The summed E-state index contributed by atoms with van der Waals surface area (Å²) in [6.07, 6.45) is 5.24. The Hall–Kier alpha value is -1.62. The monoisotopic (exact) mass is 322 g/mol. The molecule has 0 fully saturated rings. The molecule has 0 bridgehead atoms. The van der Waals surface area contributed by atoms with Gasteiger partial charge < -0.3 is 9.67 Å². The van der Waals surface area contributed by atoms with Gasteiger partial charge in [0.25, 0.3) is 0 Å². The van der Waals surface area contributed by atoms with E-state index in [-0.39, 0.29) is 0 Å². The number of hydrogen-bond acceptors (Lipinski definition) is 2. The van der Waals surface area contributed by atoms with Crippen molar-refractivity contribution in [3.63, 3.8) is 0 Å². The molecule has 0 saturated carbocycles. The Kier molecular flexibility index (Phi) is 4.37. The SMILES string of the molecule is CCCn1ccnc1Cc1ccc(Br)cc1C(=O)O. The number of carboxylic acids is 1. The normalized spacial score (nSPS) is 10.6. The van der Waals surface area contributed by atoms with Gasteiger partial charge in [-0.3, -0.25) is 0 Å². The molecule has 0 spiro atoms. The highest BCUT2D eigenvalue weighted by atomic mass is 79.9. The predicted octanol–water partition coefficient (Wildman–Crippen LogP) is 3.34. The lowest BCUT2D eigenvalue weighted by Gasteiger charge is -2.09. The van der Waals surface area contributed by atoms with Crippen molar-refractivity contribution in [2.24, 2.45) is 0 Å². The summed E-state index contributed by atoms with van der Waals surface area (Å²) in [6, 6.07) is 5.32.